The van der Waals surface area contributed by atoms with Crippen molar-refractivity contribution < 1.29 is 18.3 Å². The van der Waals surface area contributed by atoms with Crippen LogP contribution in [-0.2, 0) is 24.8 Å². The maximum atomic E-state index is 13.2. The van der Waals surface area contributed by atoms with Crippen molar-refractivity contribution in [1.29, 1.82) is 5.26 Å². The Kier molecular flexibility index (Phi) is 7.70. The number of ether oxygens (including phenoxy) is 1. The van der Waals surface area contributed by atoms with Crippen molar-refractivity contribution in [3.8, 4) is 22.9 Å². The van der Waals surface area contributed by atoms with Gasteiger partial charge in [0.25, 0.3) is 5.56 Å². The summed E-state index contributed by atoms with van der Waals surface area (Å²) in [6.07, 6.45) is 3.43. The van der Waals surface area contributed by atoms with Crippen molar-refractivity contribution in [2.45, 2.75) is 39.5 Å². The van der Waals surface area contributed by atoms with Gasteiger partial charge in [0.05, 0.1) is 29.9 Å². The molecule has 41 heavy (non-hydrogen) atoms. The Bertz CT molecular complexity index is 1690. The molecular weight excluding hydrogens is 532 g/mol. The summed E-state index contributed by atoms with van der Waals surface area (Å²) in [4.78, 5) is 37.9. The number of hydrogen-bond acceptors (Lipinski definition) is 7. The van der Waals surface area contributed by atoms with Gasteiger partial charge < -0.3 is 14.5 Å². The zero-order valence-electron chi connectivity index (χ0n) is 22.9. The summed E-state index contributed by atoms with van der Waals surface area (Å²) >= 11 is 0. The minimum Gasteiger partial charge on any atom is -0.434 e. The van der Waals surface area contributed by atoms with Gasteiger partial charge in [-0.1, -0.05) is 18.2 Å². The molecule has 2 aromatic heterocycles. The number of nitrogens with zero attached hydrogens (tertiary/aromatic N) is 7. The van der Waals surface area contributed by atoms with Crippen molar-refractivity contribution in [3.63, 3.8) is 0 Å². The molecule has 0 bridgehead atoms. The van der Waals surface area contributed by atoms with Crippen LogP contribution in [0.25, 0.3) is 22.0 Å². The van der Waals surface area contributed by atoms with E-state index in [0.717, 1.165) is 11.1 Å². The smallest absolute Gasteiger partial charge is 0.387 e. The summed E-state index contributed by atoms with van der Waals surface area (Å²) in [6.45, 7) is 2.44. The first-order valence-electron chi connectivity index (χ1n) is 13.1. The van der Waals surface area contributed by atoms with Gasteiger partial charge in [0.1, 0.15) is 5.75 Å². The fourth-order valence-corrected chi connectivity index (χ4v) is 5.38. The highest BCUT2D eigenvalue weighted by molar-refractivity contribution is 5.84. The lowest BCUT2D eigenvalue weighted by Gasteiger charge is -2.39. The molecule has 1 amide bonds. The number of carbonyl (C=O) groups excluding carboxylic acids is 1. The summed E-state index contributed by atoms with van der Waals surface area (Å²) in [7, 11) is 1.60. The van der Waals surface area contributed by atoms with Crippen molar-refractivity contribution in [1.82, 2.24) is 24.2 Å². The van der Waals surface area contributed by atoms with Gasteiger partial charge in [0.15, 0.2) is 0 Å². The summed E-state index contributed by atoms with van der Waals surface area (Å²) in [6, 6.07) is 12.2. The third kappa shape index (κ3) is 5.48. The average molecular weight is 562 g/mol. The van der Waals surface area contributed by atoms with E-state index in [9.17, 15) is 23.6 Å². The first-order chi connectivity index (χ1) is 19.7. The highest BCUT2D eigenvalue weighted by atomic mass is 19.3. The zero-order chi connectivity index (χ0) is 29.3. The number of amides is 1. The van der Waals surface area contributed by atoms with E-state index in [1.54, 1.807) is 49.2 Å². The Balaban J connectivity index is 1.48. The van der Waals surface area contributed by atoms with Crippen molar-refractivity contribution in [3.05, 3.63) is 70.3 Å². The van der Waals surface area contributed by atoms with E-state index < -0.39 is 6.61 Å². The second-order valence-corrected chi connectivity index (χ2v) is 10.0. The third-order valence-electron chi connectivity index (χ3n) is 7.47. The van der Waals surface area contributed by atoms with Gasteiger partial charge in [-0.05, 0) is 36.2 Å². The maximum absolute atomic E-state index is 13.2. The van der Waals surface area contributed by atoms with E-state index in [-0.39, 0.29) is 36.2 Å². The molecule has 2 aromatic carbocycles. The number of aromatic nitrogens is 4. The topological polar surface area (TPSA) is 109 Å². The quantitative estimate of drug-likeness (QED) is 0.339. The van der Waals surface area contributed by atoms with Gasteiger partial charge in [-0.15, -0.1) is 0 Å². The number of anilines is 1. The predicted octanol–water partition coefficient (Wildman–Crippen LogP) is 3.57. The summed E-state index contributed by atoms with van der Waals surface area (Å²) in [5.41, 5.74) is 2.79. The van der Waals surface area contributed by atoms with Crippen LogP contribution in [0.1, 0.15) is 25.0 Å². The number of fused-ring (bicyclic) bond motifs is 1. The van der Waals surface area contributed by atoms with E-state index in [4.69, 9.17) is 4.74 Å². The Morgan fingerprint density at radius 3 is 2.59 bits per heavy atom. The molecule has 3 heterocycles. The molecule has 1 aliphatic rings. The standard InChI is InChI=1S/C29H29F2N7O3/c1-18-16-36(11-12-37(18)19(2)39)29-33-14-22(15-34-29)21-7-8-23-25(13-21)38(35(3)27(23)40)17-24-20(9-10-32)5-4-6-26(24)41-28(30)31/h4-8,13-15,18,28H,9,11-12,16-17H2,1-3H3. The van der Waals surface area contributed by atoms with Crippen LogP contribution in [0.4, 0.5) is 14.7 Å². The molecule has 0 aliphatic carbocycles. The molecule has 5 rings (SSSR count). The van der Waals surface area contributed by atoms with Crippen LogP contribution >= 0.6 is 0 Å². The molecule has 1 atom stereocenters. The van der Waals surface area contributed by atoms with Crippen molar-refractivity contribution in [2.75, 3.05) is 24.5 Å². The summed E-state index contributed by atoms with van der Waals surface area (Å²) < 4.78 is 34.2. The monoisotopic (exact) mass is 561 g/mol. The Morgan fingerprint density at radius 2 is 1.93 bits per heavy atom. The van der Waals surface area contributed by atoms with Gasteiger partial charge in [0, 0.05) is 63.2 Å². The normalized spacial score (nSPS) is 15.4. The molecule has 1 fully saturated rings. The number of carbonyl (C=O) groups is 1. The lowest BCUT2D eigenvalue weighted by molar-refractivity contribution is -0.131. The fourth-order valence-electron chi connectivity index (χ4n) is 5.38. The molecule has 1 saturated heterocycles. The molecule has 0 spiro atoms. The minimum atomic E-state index is -3.04. The lowest BCUT2D eigenvalue weighted by atomic mass is 10.0. The van der Waals surface area contributed by atoms with Crippen LogP contribution in [0.3, 0.4) is 0 Å². The molecule has 4 aromatic rings. The third-order valence-corrected chi connectivity index (χ3v) is 7.47. The highest BCUT2D eigenvalue weighted by Gasteiger charge is 2.26. The summed E-state index contributed by atoms with van der Waals surface area (Å²) in [5.74, 6) is 0.581. The first kappa shape index (κ1) is 27.8. The maximum Gasteiger partial charge on any atom is 0.387 e. The second kappa shape index (κ2) is 11.4. The Labute approximate surface area is 235 Å². The molecule has 1 aliphatic heterocycles. The molecule has 0 saturated carbocycles. The SMILES string of the molecule is CC(=O)N1CCN(c2ncc(-c3ccc4c(=O)n(C)n(Cc5c(CC#N)cccc5OC(F)F)c4c3)cn2)CC1C. The molecule has 12 heteroatoms. The number of piperazine rings is 1. The second-order valence-electron chi connectivity index (χ2n) is 10.0. The predicted molar refractivity (Wildman–Crippen MR) is 149 cm³/mol. The Morgan fingerprint density at radius 1 is 1.17 bits per heavy atom. The minimum absolute atomic E-state index is 0.000432. The van der Waals surface area contributed by atoms with Crippen LogP contribution in [0.5, 0.6) is 5.75 Å². The molecule has 10 nitrogen and oxygen atoms in total. The van der Waals surface area contributed by atoms with Crippen LogP contribution in [-0.4, -0.2) is 62.4 Å². The largest absolute Gasteiger partial charge is 0.434 e. The van der Waals surface area contributed by atoms with E-state index in [2.05, 4.69) is 16.0 Å². The van der Waals surface area contributed by atoms with Crippen molar-refractivity contribution in [2.24, 2.45) is 7.05 Å². The molecule has 0 radical (unpaired) electrons. The van der Waals surface area contributed by atoms with E-state index in [1.807, 2.05) is 28.9 Å². The van der Waals surface area contributed by atoms with E-state index in [1.165, 1.54) is 10.7 Å². The zero-order valence-corrected chi connectivity index (χ0v) is 22.9. The molecular formula is C29H29F2N7O3. The number of nitriles is 1. The van der Waals surface area contributed by atoms with E-state index in [0.29, 0.717) is 47.6 Å². The first-order valence-corrected chi connectivity index (χ1v) is 13.1. The average Bonchev–Trinajstić information content (AvgIpc) is 3.18. The number of hydrogen-bond donors (Lipinski definition) is 0. The van der Waals surface area contributed by atoms with Gasteiger partial charge in [-0.25, -0.2) is 9.97 Å². The number of benzene rings is 2. The van der Waals surface area contributed by atoms with Gasteiger partial charge >= 0.3 is 6.61 Å². The van der Waals surface area contributed by atoms with Gasteiger partial charge in [-0.2, -0.15) is 14.0 Å². The van der Waals surface area contributed by atoms with Gasteiger partial charge in [0.2, 0.25) is 11.9 Å². The highest BCUT2D eigenvalue weighted by Crippen LogP contribution is 2.29. The number of halogens is 2. The van der Waals surface area contributed by atoms with Crippen LogP contribution < -0.4 is 15.2 Å². The molecule has 1 unspecified atom stereocenters. The van der Waals surface area contributed by atoms with Gasteiger partial charge in [-0.3, -0.25) is 19.0 Å². The lowest BCUT2D eigenvalue weighted by Crippen LogP contribution is -2.53. The summed E-state index contributed by atoms with van der Waals surface area (Å²) in [5, 5.41) is 9.75. The molecule has 212 valence electrons. The van der Waals surface area contributed by atoms with Crippen LogP contribution in [0, 0.1) is 11.3 Å². The van der Waals surface area contributed by atoms with E-state index >= 15 is 0 Å². The fraction of sp³-hybridized carbons (Fsp3) is 0.345. The van der Waals surface area contributed by atoms with Crippen molar-refractivity contribution >= 4 is 22.8 Å². The van der Waals surface area contributed by atoms with Crippen LogP contribution in [0.15, 0.2) is 53.6 Å². The number of rotatable bonds is 7. The molecule has 0 N–H and O–H groups in total. The Hall–Kier alpha value is -4.79. The number of alkyl halides is 2. The van der Waals surface area contributed by atoms with Crippen LogP contribution in [0.2, 0.25) is 0 Å².